The second-order valence-electron chi connectivity index (χ2n) is 4.26. The van der Waals surface area contributed by atoms with E-state index in [4.69, 9.17) is 26.3 Å². The molecule has 0 bridgehead atoms. The summed E-state index contributed by atoms with van der Waals surface area (Å²) < 4.78 is 12.0. The van der Waals surface area contributed by atoms with Crippen LogP contribution in [0.2, 0.25) is 5.02 Å². The molecule has 0 aliphatic heterocycles. The van der Waals surface area contributed by atoms with Crippen LogP contribution >= 0.6 is 27.5 Å². The van der Waals surface area contributed by atoms with Gasteiger partial charge < -0.3 is 9.47 Å². The van der Waals surface area contributed by atoms with Crippen LogP contribution in [-0.2, 0) is 0 Å². The summed E-state index contributed by atoms with van der Waals surface area (Å²) in [5.41, 5.74) is 0.592. The Morgan fingerprint density at radius 3 is 2.67 bits per heavy atom. The molecule has 2 aromatic carbocycles. The first kappa shape index (κ1) is 15.7. The molecule has 3 nitrogen and oxygen atoms in total. The summed E-state index contributed by atoms with van der Waals surface area (Å²) in [6.45, 7) is 1.07. The minimum Gasteiger partial charge on any atom is -0.493 e. The van der Waals surface area contributed by atoms with Crippen molar-refractivity contribution in [3.8, 4) is 17.6 Å². The lowest BCUT2D eigenvalue weighted by Gasteiger charge is -2.09. The average Bonchev–Trinajstić information content (AvgIpc) is 2.49. The van der Waals surface area contributed by atoms with Crippen molar-refractivity contribution in [2.45, 2.75) is 6.42 Å². The second kappa shape index (κ2) is 7.92. The number of nitrogens with zero attached hydrogens (tertiary/aromatic N) is 1. The molecule has 0 spiro atoms. The normalized spacial score (nSPS) is 9.95. The van der Waals surface area contributed by atoms with Gasteiger partial charge in [-0.1, -0.05) is 17.7 Å². The summed E-state index contributed by atoms with van der Waals surface area (Å²) in [5.74, 6) is 1.45. The summed E-state index contributed by atoms with van der Waals surface area (Å²) in [6.07, 6.45) is 0.742. The van der Waals surface area contributed by atoms with Gasteiger partial charge in [-0.3, -0.25) is 0 Å². The summed E-state index contributed by atoms with van der Waals surface area (Å²) in [7, 11) is 0. The number of benzene rings is 2. The Hall–Kier alpha value is -1.70. The molecule has 0 saturated carbocycles. The molecule has 0 aliphatic carbocycles. The summed E-state index contributed by atoms with van der Waals surface area (Å²) in [6, 6.07) is 14.6. The molecule has 0 aliphatic rings. The third kappa shape index (κ3) is 4.96. The van der Waals surface area contributed by atoms with Gasteiger partial charge in [0.2, 0.25) is 0 Å². The fourth-order valence-corrected chi connectivity index (χ4v) is 2.48. The standard InChI is InChI=1S/C16H13BrClNO2/c17-15-10-13(18)5-6-16(15)21-8-2-7-20-14-4-1-3-12(9-14)11-19/h1,3-6,9-10H,2,7-8H2. The highest BCUT2D eigenvalue weighted by molar-refractivity contribution is 9.10. The molecule has 0 aromatic heterocycles. The van der Waals surface area contributed by atoms with Crippen molar-refractivity contribution < 1.29 is 9.47 Å². The minimum atomic E-state index is 0.528. The molecule has 2 aromatic rings. The van der Waals surface area contributed by atoms with Crippen molar-refractivity contribution in [3.63, 3.8) is 0 Å². The third-order valence-corrected chi connectivity index (χ3v) is 3.53. The van der Waals surface area contributed by atoms with E-state index in [1.165, 1.54) is 0 Å². The van der Waals surface area contributed by atoms with Crippen molar-refractivity contribution in [2.24, 2.45) is 0 Å². The van der Waals surface area contributed by atoms with Gasteiger partial charge in [-0.25, -0.2) is 0 Å². The van der Waals surface area contributed by atoms with E-state index in [9.17, 15) is 0 Å². The maximum absolute atomic E-state index is 8.80. The monoisotopic (exact) mass is 365 g/mol. The van der Waals surface area contributed by atoms with Gasteiger partial charge in [0.1, 0.15) is 11.5 Å². The van der Waals surface area contributed by atoms with Crippen molar-refractivity contribution in [1.82, 2.24) is 0 Å². The Labute approximate surface area is 137 Å². The van der Waals surface area contributed by atoms with E-state index in [2.05, 4.69) is 22.0 Å². The first-order valence-corrected chi connectivity index (χ1v) is 7.57. The summed E-state index contributed by atoms with van der Waals surface area (Å²) in [4.78, 5) is 0. The molecular weight excluding hydrogens is 354 g/mol. The Morgan fingerprint density at radius 1 is 1.10 bits per heavy atom. The largest absolute Gasteiger partial charge is 0.493 e. The molecule has 0 saturated heterocycles. The van der Waals surface area contributed by atoms with E-state index < -0.39 is 0 Å². The molecule has 0 radical (unpaired) electrons. The quantitative estimate of drug-likeness (QED) is 0.688. The van der Waals surface area contributed by atoms with Crippen LogP contribution < -0.4 is 9.47 Å². The van der Waals surface area contributed by atoms with E-state index in [1.807, 2.05) is 12.1 Å². The van der Waals surface area contributed by atoms with Crippen molar-refractivity contribution in [3.05, 3.63) is 57.5 Å². The van der Waals surface area contributed by atoms with Gasteiger partial charge in [0.15, 0.2) is 0 Å². The van der Waals surface area contributed by atoms with Crippen LogP contribution in [0.25, 0.3) is 0 Å². The smallest absolute Gasteiger partial charge is 0.133 e. The van der Waals surface area contributed by atoms with Crippen LogP contribution in [0.5, 0.6) is 11.5 Å². The Bertz CT molecular complexity index is 655. The zero-order chi connectivity index (χ0) is 15.1. The fourth-order valence-electron chi connectivity index (χ4n) is 1.68. The fraction of sp³-hybridized carbons (Fsp3) is 0.188. The molecule has 0 fully saturated rings. The van der Waals surface area contributed by atoms with Crippen LogP contribution in [0.3, 0.4) is 0 Å². The van der Waals surface area contributed by atoms with Crippen molar-refractivity contribution in [2.75, 3.05) is 13.2 Å². The zero-order valence-electron chi connectivity index (χ0n) is 11.2. The van der Waals surface area contributed by atoms with Crippen LogP contribution in [0, 0.1) is 11.3 Å². The Balaban J connectivity index is 1.74. The maximum Gasteiger partial charge on any atom is 0.133 e. The average molecular weight is 367 g/mol. The highest BCUT2D eigenvalue weighted by atomic mass is 79.9. The number of nitriles is 1. The molecule has 0 heterocycles. The third-order valence-electron chi connectivity index (χ3n) is 2.67. The molecule has 0 unspecified atom stereocenters. The zero-order valence-corrected chi connectivity index (χ0v) is 13.5. The number of ether oxygens (including phenoxy) is 2. The molecule has 0 atom stereocenters. The highest BCUT2D eigenvalue weighted by Crippen LogP contribution is 2.28. The highest BCUT2D eigenvalue weighted by Gasteiger charge is 2.02. The predicted octanol–water partition coefficient (Wildman–Crippen LogP) is 4.82. The minimum absolute atomic E-state index is 0.528. The molecule has 0 amide bonds. The molecular formula is C16H13BrClNO2. The number of hydrogen-bond acceptors (Lipinski definition) is 3. The van der Waals surface area contributed by atoms with Gasteiger partial charge in [-0.15, -0.1) is 0 Å². The van der Waals surface area contributed by atoms with Gasteiger partial charge in [-0.05, 0) is 52.3 Å². The lowest BCUT2D eigenvalue weighted by atomic mass is 10.2. The second-order valence-corrected chi connectivity index (χ2v) is 5.56. The van der Waals surface area contributed by atoms with Crippen molar-refractivity contribution in [1.29, 1.82) is 5.26 Å². The first-order chi connectivity index (χ1) is 10.2. The lowest BCUT2D eigenvalue weighted by molar-refractivity contribution is 0.246. The first-order valence-electron chi connectivity index (χ1n) is 6.40. The van der Waals surface area contributed by atoms with E-state index in [1.54, 1.807) is 30.3 Å². The van der Waals surface area contributed by atoms with Gasteiger partial charge in [0, 0.05) is 11.4 Å². The van der Waals surface area contributed by atoms with Crippen molar-refractivity contribution >= 4 is 27.5 Å². The number of rotatable bonds is 6. The van der Waals surface area contributed by atoms with Crippen LogP contribution in [0.15, 0.2) is 46.9 Å². The predicted molar refractivity (Wildman–Crippen MR) is 85.9 cm³/mol. The van der Waals surface area contributed by atoms with Gasteiger partial charge in [-0.2, -0.15) is 5.26 Å². The summed E-state index contributed by atoms with van der Waals surface area (Å²) in [5, 5.41) is 9.47. The molecule has 21 heavy (non-hydrogen) atoms. The molecule has 0 N–H and O–H groups in total. The maximum atomic E-state index is 8.80. The van der Waals surface area contributed by atoms with Gasteiger partial charge in [0.05, 0.1) is 29.3 Å². The van der Waals surface area contributed by atoms with Crippen LogP contribution in [-0.4, -0.2) is 13.2 Å². The summed E-state index contributed by atoms with van der Waals surface area (Å²) >= 11 is 9.26. The SMILES string of the molecule is N#Cc1cccc(OCCCOc2ccc(Cl)cc2Br)c1. The van der Waals surface area contributed by atoms with E-state index in [0.29, 0.717) is 29.5 Å². The van der Waals surface area contributed by atoms with Gasteiger partial charge in [0.25, 0.3) is 0 Å². The lowest BCUT2D eigenvalue weighted by Crippen LogP contribution is -2.05. The van der Waals surface area contributed by atoms with Crippen LogP contribution in [0.4, 0.5) is 0 Å². The van der Waals surface area contributed by atoms with E-state index in [0.717, 1.165) is 16.6 Å². The number of halogens is 2. The number of hydrogen-bond donors (Lipinski definition) is 0. The van der Waals surface area contributed by atoms with Gasteiger partial charge >= 0.3 is 0 Å². The van der Waals surface area contributed by atoms with E-state index >= 15 is 0 Å². The Kier molecular flexibility index (Phi) is 5.91. The molecule has 2 rings (SSSR count). The molecule has 5 heteroatoms. The topological polar surface area (TPSA) is 42.2 Å². The molecule has 108 valence electrons. The van der Waals surface area contributed by atoms with Crippen LogP contribution in [0.1, 0.15) is 12.0 Å². The Morgan fingerprint density at radius 2 is 1.90 bits per heavy atom. The van der Waals surface area contributed by atoms with E-state index in [-0.39, 0.29) is 0 Å².